The third-order valence-electron chi connectivity index (χ3n) is 1.87. The van der Waals surface area contributed by atoms with Gasteiger partial charge in [0.25, 0.3) is 0 Å². The van der Waals surface area contributed by atoms with Gasteiger partial charge >= 0.3 is 0 Å². The van der Waals surface area contributed by atoms with Gasteiger partial charge in [0.05, 0.1) is 0 Å². The Morgan fingerprint density at radius 1 is 1.17 bits per heavy atom. The van der Waals surface area contributed by atoms with Crippen LogP contribution in [0.4, 0.5) is 0 Å². The van der Waals surface area contributed by atoms with Crippen molar-refractivity contribution in [3.8, 4) is 0 Å². The Morgan fingerprint density at radius 2 is 1.75 bits per heavy atom. The molecule has 0 atom stereocenters. The highest BCUT2D eigenvalue weighted by molar-refractivity contribution is 9.09. The van der Waals surface area contributed by atoms with Gasteiger partial charge in [0.15, 0.2) is 0 Å². The molecular formula is C9H19BrOSi. The zero-order valence-electron chi connectivity index (χ0n) is 8.32. The number of unbranched alkanes of at least 4 members (excludes halogenated alkanes) is 2. The average Bonchev–Trinajstić information content (AvgIpc) is 1.96. The summed E-state index contributed by atoms with van der Waals surface area (Å²) in [5.74, 6) is 0. The summed E-state index contributed by atoms with van der Waals surface area (Å²) in [6.45, 7) is 6.37. The van der Waals surface area contributed by atoms with Crippen molar-refractivity contribution >= 4 is 29.4 Å². The Balaban J connectivity index is 3.45. The van der Waals surface area contributed by atoms with Crippen molar-refractivity contribution in [3.63, 3.8) is 0 Å². The molecule has 0 radical (unpaired) electrons. The normalized spacial score (nSPS) is 11.7. The number of carbonyl (C=O) groups is 1. The molecule has 0 spiro atoms. The highest BCUT2D eigenvalue weighted by Gasteiger charge is 2.22. The first-order valence-corrected chi connectivity index (χ1v) is 9.20. The molecule has 0 aliphatic rings. The zero-order valence-corrected chi connectivity index (χ0v) is 10.9. The molecule has 3 heteroatoms. The molecule has 0 N–H and O–H groups in total. The quantitative estimate of drug-likeness (QED) is 0.402. The minimum Gasteiger partial charge on any atom is -0.305 e. The lowest BCUT2D eigenvalue weighted by molar-refractivity contribution is -0.112. The Bertz CT molecular complexity index is 140. The lowest BCUT2D eigenvalue weighted by atomic mass is 10.2. The minimum atomic E-state index is -1.47. The highest BCUT2D eigenvalue weighted by atomic mass is 79.9. The number of rotatable bonds is 6. The van der Waals surface area contributed by atoms with E-state index >= 15 is 0 Å². The smallest absolute Gasteiger partial charge is 0.123 e. The third kappa shape index (κ3) is 5.95. The van der Waals surface area contributed by atoms with Gasteiger partial charge in [-0.2, -0.15) is 0 Å². The van der Waals surface area contributed by atoms with Gasteiger partial charge in [-0.05, 0) is 12.8 Å². The van der Waals surface area contributed by atoms with Gasteiger partial charge in [-0.25, -0.2) is 0 Å². The van der Waals surface area contributed by atoms with Crippen molar-refractivity contribution in [1.82, 2.24) is 0 Å². The van der Waals surface area contributed by atoms with Crippen molar-refractivity contribution in [3.05, 3.63) is 0 Å². The lowest BCUT2D eigenvalue weighted by Crippen LogP contribution is -2.32. The maximum atomic E-state index is 11.5. The highest BCUT2D eigenvalue weighted by Crippen LogP contribution is 2.09. The number of carbonyl (C=O) groups excluding carboxylic acids is 1. The molecule has 0 fully saturated rings. The Labute approximate surface area is 85.1 Å². The summed E-state index contributed by atoms with van der Waals surface area (Å²) >= 11 is 3.38. The predicted octanol–water partition coefficient (Wildman–Crippen LogP) is 3.39. The van der Waals surface area contributed by atoms with Gasteiger partial charge in [0.2, 0.25) is 0 Å². The summed E-state index contributed by atoms with van der Waals surface area (Å²) in [5, 5.41) is 1.59. The fourth-order valence-corrected chi connectivity index (χ4v) is 2.26. The molecular weight excluding hydrogens is 232 g/mol. The fraction of sp³-hybridized carbons (Fsp3) is 0.889. The lowest BCUT2D eigenvalue weighted by Gasteiger charge is -2.13. The summed E-state index contributed by atoms with van der Waals surface area (Å²) in [4.78, 5) is 11.5. The average molecular weight is 251 g/mol. The van der Waals surface area contributed by atoms with Crippen molar-refractivity contribution in [1.29, 1.82) is 0 Å². The van der Waals surface area contributed by atoms with Crippen LogP contribution in [-0.2, 0) is 4.79 Å². The van der Waals surface area contributed by atoms with E-state index in [1.54, 1.807) is 0 Å². The fourth-order valence-electron chi connectivity index (χ4n) is 0.932. The topological polar surface area (TPSA) is 17.1 Å². The molecule has 0 aromatic carbocycles. The molecule has 1 nitrogen and oxygen atoms in total. The number of hydrogen-bond acceptors (Lipinski definition) is 1. The van der Waals surface area contributed by atoms with Crippen LogP contribution in [0.25, 0.3) is 0 Å². The van der Waals surface area contributed by atoms with E-state index in [4.69, 9.17) is 0 Å². The van der Waals surface area contributed by atoms with Gasteiger partial charge in [-0.1, -0.05) is 42.0 Å². The Morgan fingerprint density at radius 3 is 2.17 bits per heavy atom. The molecule has 0 aromatic heterocycles. The molecule has 0 bridgehead atoms. The van der Waals surface area contributed by atoms with Crippen LogP contribution in [0.5, 0.6) is 0 Å². The number of alkyl halides is 1. The van der Waals surface area contributed by atoms with Gasteiger partial charge in [-0.15, -0.1) is 0 Å². The maximum absolute atomic E-state index is 11.5. The summed E-state index contributed by atoms with van der Waals surface area (Å²) in [6, 6.07) is 0. The molecule has 0 aromatic rings. The van der Waals surface area contributed by atoms with E-state index in [0.29, 0.717) is 5.41 Å². The van der Waals surface area contributed by atoms with Crippen LogP contribution in [0.15, 0.2) is 0 Å². The first-order valence-electron chi connectivity index (χ1n) is 4.57. The molecule has 0 rings (SSSR count). The number of halogens is 1. The van der Waals surface area contributed by atoms with Crippen molar-refractivity contribution in [2.45, 2.75) is 45.3 Å². The summed E-state index contributed by atoms with van der Waals surface area (Å²) < 4.78 is 0. The number of hydrogen-bond donors (Lipinski definition) is 0. The van der Waals surface area contributed by atoms with Crippen molar-refractivity contribution in [2.75, 3.05) is 5.33 Å². The van der Waals surface area contributed by atoms with Gasteiger partial charge in [-0.3, -0.25) is 0 Å². The second-order valence-electron chi connectivity index (χ2n) is 4.17. The summed E-state index contributed by atoms with van der Waals surface area (Å²) in [5.41, 5.74) is 0. The Kier molecular flexibility index (Phi) is 6.10. The monoisotopic (exact) mass is 250 g/mol. The van der Waals surface area contributed by atoms with Crippen LogP contribution in [0.1, 0.15) is 25.7 Å². The van der Waals surface area contributed by atoms with Crippen LogP contribution in [0, 0.1) is 0 Å². The van der Waals surface area contributed by atoms with Crippen LogP contribution in [0.3, 0.4) is 0 Å². The summed E-state index contributed by atoms with van der Waals surface area (Å²) in [6.07, 6.45) is 4.26. The van der Waals surface area contributed by atoms with E-state index in [9.17, 15) is 4.79 Å². The molecule has 0 aliphatic heterocycles. The molecule has 0 saturated carbocycles. The van der Waals surface area contributed by atoms with Crippen LogP contribution in [-0.4, -0.2) is 18.8 Å². The van der Waals surface area contributed by atoms with Gasteiger partial charge < -0.3 is 4.79 Å². The largest absolute Gasteiger partial charge is 0.305 e. The second-order valence-corrected chi connectivity index (χ2v) is 10.0. The van der Waals surface area contributed by atoms with E-state index < -0.39 is 8.07 Å². The van der Waals surface area contributed by atoms with Crippen LogP contribution >= 0.6 is 15.9 Å². The molecule has 0 aliphatic carbocycles. The molecule has 0 unspecified atom stereocenters. The first-order chi connectivity index (χ1) is 5.48. The van der Waals surface area contributed by atoms with E-state index in [-0.39, 0.29) is 0 Å². The van der Waals surface area contributed by atoms with Gasteiger partial charge in [0.1, 0.15) is 13.5 Å². The van der Waals surface area contributed by atoms with E-state index in [1.807, 2.05) is 0 Å². The van der Waals surface area contributed by atoms with Crippen molar-refractivity contribution < 1.29 is 4.79 Å². The molecule has 12 heavy (non-hydrogen) atoms. The first kappa shape index (κ1) is 12.4. The molecule has 72 valence electrons. The van der Waals surface area contributed by atoms with Crippen LogP contribution in [0.2, 0.25) is 19.6 Å². The predicted molar refractivity (Wildman–Crippen MR) is 60.6 cm³/mol. The molecule has 0 saturated heterocycles. The molecule has 0 heterocycles. The maximum Gasteiger partial charge on any atom is 0.123 e. The van der Waals surface area contributed by atoms with Crippen molar-refractivity contribution in [2.24, 2.45) is 0 Å². The van der Waals surface area contributed by atoms with Crippen LogP contribution < -0.4 is 0 Å². The van der Waals surface area contributed by atoms with E-state index in [2.05, 4.69) is 35.6 Å². The minimum absolute atomic E-state index is 0.525. The standard InChI is InChI=1S/C9H19BrOSi/c1-12(2,3)9(11)7-5-4-6-8-10/h4-8H2,1-3H3. The third-order valence-corrected chi connectivity index (χ3v) is 4.36. The second kappa shape index (κ2) is 5.92. The zero-order chi connectivity index (χ0) is 9.61. The van der Waals surface area contributed by atoms with Gasteiger partial charge in [0, 0.05) is 11.8 Å². The van der Waals surface area contributed by atoms with E-state index in [0.717, 1.165) is 18.2 Å². The summed E-state index contributed by atoms with van der Waals surface area (Å²) in [7, 11) is -1.47. The molecule has 0 amide bonds. The Hall–Kier alpha value is 0.367. The SMILES string of the molecule is C[Si](C)(C)C(=O)CCCCCBr. The van der Waals surface area contributed by atoms with E-state index in [1.165, 1.54) is 12.8 Å².